The molecule has 0 aliphatic heterocycles. The Morgan fingerprint density at radius 2 is 1.71 bits per heavy atom. The quantitative estimate of drug-likeness (QED) is 0.644. The van der Waals surface area contributed by atoms with Crippen molar-refractivity contribution in [1.29, 1.82) is 0 Å². The monoisotopic (exact) mass is 284 g/mol. The molecule has 0 unspecified atom stereocenters. The standard InChI is InChI=1S/C17H20N2O2/c1-13(2)15-9-7-14(8-10-15)11-18-12-16-5-3-4-6-17(16)19(20)21/h3-10,13,18H,11-12H2,1-2H3. The molecule has 0 heterocycles. The van der Waals surface area contributed by atoms with Gasteiger partial charge in [0.05, 0.1) is 4.92 Å². The van der Waals surface area contributed by atoms with Crippen molar-refractivity contribution in [2.75, 3.05) is 0 Å². The smallest absolute Gasteiger partial charge is 0.273 e. The topological polar surface area (TPSA) is 55.2 Å². The predicted octanol–water partition coefficient (Wildman–Crippen LogP) is 4.01. The van der Waals surface area contributed by atoms with Gasteiger partial charge in [-0.1, -0.05) is 56.3 Å². The molecule has 0 fully saturated rings. The van der Waals surface area contributed by atoms with Crippen molar-refractivity contribution in [2.24, 2.45) is 0 Å². The van der Waals surface area contributed by atoms with Gasteiger partial charge < -0.3 is 5.32 Å². The van der Waals surface area contributed by atoms with E-state index in [0.29, 0.717) is 24.6 Å². The summed E-state index contributed by atoms with van der Waals surface area (Å²) < 4.78 is 0. The summed E-state index contributed by atoms with van der Waals surface area (Å²) in [6, 6.07) is 15.3. The van der Waals surface area contributed by atoms with Crippen LogP contribution in [0, 0.1) is 10.1 Å². The van der Waals surface area contributed by atoms with Gasteiger partial charge >= 0.3 is 0 Å². The minimum atomic E-state index is -0.339. The van der Waals surface area contributed by atoms with E-state index in [1.165, 1.54) is 17.2 Å². The first-order valence-corrected chi connectivity index (χ1v) is 7.10. The average molecular weight is 284 g/mol. The normalized spacial score (nSPS) is 10.8. The van der Waals surface area contributed by atoms with Gasteiger partial charge in [0.15, 0.2) is 0 Å². The van der Waals surface area contributed by atoms with Crippen molar-refractivity contribution < 1.29 is 4.92 Å². The predicted molar refractivity (Wildman–Crippen MR) is 84.2 cm³/mol. The molecule has 110 valence electrons. The van der Waals surface area contributed by atoms with Crippen LogP contribution in [0.5, 0.6) is 0 Å². The molecule has 0 saturated heterocycles. The Hall–Kier alpha value is -2.20. The molecule has 0 spiro atoms. The molecule has 0 bridgehead atoms. The molecular weight excluding hydrogens is 264 g/mol. The van der Waals surface area contributed by atoms with Gasteiger partial charge in [-0.25, -0.2) is 0 Å². The van der Waals surface area contributed by atoms with Crippen LogP contribution in [0.2, 0.25) is 0 Å². The van der Waals surface area contributed by atoms with Crippen molar-refractivity contribution in [2.45, 2.75) is 32.9 Å². The highest BCUT2D eigenvalue weighted by Crippen LogP contribution is 2.18. The zero-order valence-electron chi connectivity index (χ0n) is 12.4. The molecule has 0 aliphatic rings. The van der Waals surface area contributed by atoms with Gasteiger partial charge in [-0.2, -0.15) is 0 Å². The zero-order valence-corrected chi connectivity index (χ0v) is 12.4. The highest BCUT2D eigenvalue weighted by atomic mass is 16.6. The van der Waals surface area contributed by atoms with Gasteiger partial charge in [0.2, 0.25) is 0 Å². The Kier molecular flexibility index (Phi) is 5.06. The van der Waals surface area contributed by atoms with E-state index in [-0.39, 0.29) is 10.6 Å². The van der Waals surface area contributed by atoms with E-state index < -0.39 is 0 Å². The number of hydrogen-bond acceptors (Lipinski definition) is 3. The van der Waals surface area contributed by atoms with Crippen molar-refractivity contribution >= 4 is 5.69 Å². The van der Waals surface area contributed by atoms with E-state index in [1.54, 1.807) is 12.1 Å². The summed E-state index contributed by atoms with van der Waals surface area (Å²) in [7, 11) is 0. The largest absolute Gasteiger partial charge is 0.308 e. The first-order valence-electron chi connectivity index (χ1n) is 7.10. The Labute approximate surface area is 125 Å². The Balaban J connectivity index is 1.94. The number of hydrogen-bond donors (Lipinski definition) is 1. The molecule has 2 rings (SSSR count). The molecule has 0 atom stereocenters. The lowest BCUT2D eigenvalue weighted by molar-refractivity contribution is -0.385. The first-order chi connectivity index (χ1) is 10.1. The minimum Gasteiger partial charge on any atom is -0.308 e. The molecule has 4 heteroatoms. The van der Waals surface area contributed by atoms with Gasteiger partial charge in [0.25, 0.3) is 5.69 Å². The van der Waals surface area contributed by atoms with Crippen LogP contribution in [0.4, 0.5) is 5.69 Å². The number of para-hydroxylation sites is 1. The zero-order chi connectivity index (χ0) is 15.2. The summed E-state index contributed by atoms with van der Waals surface area (Å²) in [5, 5.41) is 14.2. The lowest BCUT2D eigenvalue weighted by Gasteiger charge is -2.08. The van der Waals surface area contributed by atoms with Crippen LogP contribution in [0.1, 0.15) is 36.5 Å². The molecule has 2 aromatic carbocycles. The molecule has 1 N–H and O–H groups in total. The fraction of sp³-hybridized carbons (Fsp3) is 0.294. The summed E-state index contributed by atoms with van der Waals surface area (Å²) >= 11 is 0. The average Bonchev–Trinajstić information content (AvgIpc) is 2.48. The lowest BCUT2D eigenvalue weighted by atomic mass is 10.0. The molecule has 0 radical (unpaired) electrons. The van der Waals surface area contributed by atoms with Crippen LogP contribution in [0.15, 0.2) is 48.5 Å². The molecular formula is C17H20N2O2. The van der Waals surface area contributed by atoms with E-state index in [9.17, 15) is 10.1 Å². The fourth-order valence-electron chi connectivity index (χ4n) is 2.20. The molecule has 0 aliphatic carbocycles. The Bertz CT molecular complexity index is 606. The summed E-state index contributed by atoms with van der Waals surface area (Å²) in [5.41, 5.74) is 3.37. The number of nitro groups is 1. The number of nitro benzene ring substituents is 1. The second-order valence-electron chi connectivity index (χ2n) is 5.39. The molecule has 0 amide bonds. The van der Waals surface area contributed by atoms with E-state index >= 15 is 0 Å². The Morgan fingerprint density at radius 3 is 2.33 bits per heavy atom. The highest BCUT2D eigenvalue weighted by Gasteiger charge is 2.11. The molecule has 0 aromatic heterocycles. The van der Waals surface area contributed by atoms with Gasteiger partial charge in [0.1, 0.15) is 0 Å². The maximum atomic E-state index is 10.9. The Morgan fingerprint density at radius 1 is 1.05 bits per heavy atom. The third-order valence-electron chi connectivity index (χ3n) is 3.48. The maximum Gasteiger partial charge on any atom is 0.273 e. The van der Waals surface area contributed by atoms with E-state index in [4.69, 9.17) is 0 Å². The number of nitrogens with one attached hydrogen (secondary N) is 1. The van der Waals surface area contributed by atoms with Crippen LogP contribution < -0.4 is 5.32 Å². The van der Waals surface area contributed by atoms with Crippen molar-refractivity contribution in [3.05, 3.63) is 75.3 Å². The third-order valence-corrected chi connectivity index (χ3v) is 3.48. The minimum absolute atomic E-state index is 0.167. The second-order valence-corrected chi connectivity index (χ2v) is 5.39. The van der Waals surface area contributed by atoms with Crippen LogP contribution in [0.25, 0.3) is 0 Å². The van der Waals surface area contributed by atoms with Gasteiger partial charge in [-0.15, -0.1) is 0 Å². The van der Waals surface area contributed by atoms with Crippen molar-refractivity contribution in [3.63, 3.8) is 0 Å². The summed E-state index contributed by atoms with van der Waals surface area (Å²) in [6.45, 7) is 5.52. The third kappa shape index (κ3) is 4.13. The van der Waals surface area contributed by atoms with E-state index in [1.807, 2.05) is 6.07 Å². The highest BCUT2D eigenvalue weighted by molar-refractivity contribution is 5.39. The van der Waals surface area contributed by atoms with Gasteiger partial charge in [0, 0.05) is 24.7 Å². The van der Waals surface area contributed by atoms with Crippen molar-refractivity contribution in [3.8, 4) is 0 Å². The molecule has 0 saturated carbocycles. The van der Waals surface area contributed by atoms with E-state index in [2.05, 4.69) is 43.4 Å². The second kappa shape index (κ2) is 6.99. The SMILES string of the molecule is CC(C)c1ccc(CNCc2ccccc2[N+](=O)[O-])cc1. The fourth-order valence-corrected chi connectivity index (χ4v) is 2.20. The first kappa shape index (κ1) is 15.2. The summed E-state index contributed by atoms with van der Waals surface area (Å²) in [5.74, 6) is 0.527. The molecule has 2 aromatic rings. The van der Waals surface area contributed by atoms with Crippen LogP contribution >= 0.6 is 0 Å². The van der Waals surface area contributed by atoms with Crippen molar-refractivity contribution in [1.82, 2.24) is 5.32 Å². The summed E-state index contributed by atoms with van der Waals surface area (Å²) in [6.07, 6.45) is 0. The molecule has 21 heavy (non-hydrogen) atoms. The number of benzene rings is 2. The van der Waals surface area contributed by atoms with Crippen LogP contribution in [-0.4, -0.2) is 4.92 Å². The van der Waals surface area contributed by atoms with Crippen LogP contribution in [0.3, 0.4) is 0 Å². The van der Waals surface area contributed by atoms with Crippen LogP contribution in [-0.2, 0) is 13.1 Å². The maximum absolute atomic E-state index is 10.9. The van der Waals surface area contributed by atoms with E-state index in [0.717, 1.165) is 0 Å². The number of rotatable bonds is 6. The van der Waals surface area contributed by atoms with Gasteiger partial charge in [-0.3, -0.25) is 10.1 Å². The lowest BCUT2D eigenvalue weighted by Crippen LogP contribution is -2.13. The summed E-state index contributed by atoms with van der Waals surface area (Å²) in [4.78, 5) is 10.6. The van der Waals surface area contributed by atoms with Gasteiger partial charge in [-0.05, 0) is 17.0 Å². The number of nitrogens with zero attached hydrogens (tertiary/aromatic N) is 1. The molecule has 4 nitrogen and oxygen atoms in total.